The van der Waals surface area contributed by atoms with Gasteiger partial charge in [-0.15, -0.1) is 0 Å². The van der Waals surface area contributed by atoms with Gasteiger partial charge < -0.3 is 4.74 Å². The maximum atomic E-state index is 11.6. The summed E-state index contributed by atoms with van der Waals surface area (Å²) in [4.78, 5) is 11.6. The van der Waals surface area contributed by atoms with Crippen LogP contribution in [0.4, 0.5) is 0 Å². The lowest BCUT2D eigenvalue weighted by atomic mass is 10.1. The zero-order chi connectivity index (χ0) is 13.7. The monoisotopic (exact) mass is 270 g/mol. The number of nitrogens with one attached hydrogen (secondary N) is 1. The van der Waals surface area contributed by atoms with Crippen molar-refractivity contribution in [1.29, 1.82) is 0 Å². The number of hydrogen-bond donors (Lipinski definition) is 2. The summed E-state index contributed by atoms with van der Waals surface area (Å²) in [6, 6.07) is 3.63. The van der Waals surface area contributed by atoms with Crippen LogP contribution in [0.2, 0.25) is 5.02 Å². The van der Waals surface area contributed by atoms with E-state index >= 15 is 0 Å². The van der Waals surface area contributed by atoms with Crippen LogP contribution in [0.3, 0.4) is 0 Å². The van der Waals surface area contributed by atoms with E-state index in [9.17, 15) is 4.79 Å². The molecular weight excluding hydrogens is 252 g/mol. The Morgan fingerprint density at radius 1 is 1.44 bits per heavy atom. The van der Waals surface area contributed by atoms with Gasteiger partial charge in [0.25, 0.3) is 5.91 Å². The number of ether oxygens (including phenoxy) is 1. The fourth-order valence-corrected chi connectivity index (χ4v) is 2.15. The third-order valence-corrected chi connectivity index (χ3v) is 2.89. The Morgan fingerprint density at radius 3 is 2.44 bits per heavy atom. The van der Waals surface area contributed by atoms with Crippen LogP contribution in [0.25, 0.3) is 0 Å². The molecule has 0 radical (unpaired) electrons. The Balaban J connectivity index is 2.97. The highest BCUT2D eigenvalue weighted by atomic mass is 35.5. The minimum Gasteiger partial charge on any atom is -0.480 e. The van der Waals surface area contributed by atoms with Gasteiger partial charge in [0.2, 0.25) is 0 Å². The Kier molecular flexibility index (Phi) is 5.44. The van der Waals surface area contributed by atoms with Crippen molar-refractivity contribution < 1.29 is 9.53 Å². The number of nitrogens with two attached hydrogens (primary N) is 1. The van der Waals surface area contributed by atoms with Crippen LogP contribution in [-0.4, -0.2) is 12.0 Å². The number of halogens is 1. The molecule has 0 saturated heterocycles. The molecular formula is C13H19ClN2O2. The Hall–Kier alpha value is -1.26. The number of aryl methyl sites for hydroxylation is 2. The van der Waals surface area contributed by atoms with Gasteiger partial charge >= 0.3 is 0 Å². The van der Waals surface area contributed by atoms with E-state index in [0.717, 1.165) is 17.5 Å². The molecule has 0 spiro atoms. The van der Waals surface area contributed by atoms with Crippen molar-refractivity contribution in [1.82, 2.24) is 5.43 Å². The standard InChI is InChI=1S/C13H19ClN2O2/c1-4-5-11(13(17)16-15)18-12-8(2)6-10(14)7-9(12)3/h6-7,11H,4-5,15H2,1-3H3,(H,16,17). The number of hydrogen-bond acceptors (Lipinski definition) is 3. The number of amides is 1. The predicted octanol–water partition coefficient (Wildman–Crippen LogP) is 2.49. The first-order chi connectivity index (χ1) is 8.49. The normalized spacial score (nSPS) is 12.1. The molecule has 3 N–H and O–H groups in total. The Labute approximate surface area is 112 Å². The molecule has 0 fully saturated rings. The van der Waals surface area contributed by atoms with E-state index in [1.807, 2.05) is 32.9 Å². The van der Waals surface area contributed by atoms with Crippen molar-refractivity contribution in [2.24, 2.45) is 5.84 Å². The number of carbonyl (C=O) groups is 1. The first kappa shape index (κ1) is 14.8. The van der Waals surface area contributed by atoms with E-state index in [4.69, 9.17) is 22.2 Å². The number of rotatable bonds is 5. The summed E-state index contributed by atoms with van der Waals surface area (Å²) in [5.41, 5.74) is 3.95. The molecule has 1 amide bonds. The van der Waals surface area contributed by atoms with Gasteiger partial charge in [-0.25, -0.2) is 5.84 Å². The average molecular weight is 271 g/mol. The second-order valence-electron chi connectivity index (χ2n) is 4.27. The van der Waals surface area contributed by atoms with E-state index in [-0.39, 0.29) is 5.91 Å². The zero-order valence-corrected chi connectivity index (χ0v) is 11.7. The first-order valence-corrected chi connectivity index (χ1v) is 6.31. The molecule has 0 bridgehead atoms. The topological polar surface area (TPSA) is 64.3 Å². The highest BCUT2D eigenvalue weighted by Gasteiger charge is 2.20. The Bertz CT molecular complexity index is 412. The van der Waals surface area contributed by atoms with Crippen molar-refractivity contribution in [3.8, 4) is 5.75 Å². The summed E-state index contributed by atoms with van der Waals surface area (Å²) in [5, 5.41) is 0.660. The lowest BCUT2D eigenvalue weighted by molar-refractivity contribution is -0.128. The molecule has 1 unspecified atom stereocenters. The maximum absolute atomic E-state index is 11.6. The van der Waals surface area contributed by atoms with Gasteiger partial charge in [0.1, 0.15) is 5.75 Å². The van der Waals surface area contributed by atoms with Crippen LogP contribution in [0, 0.1) is 13.8 Å². The van der Waals surface area contributed by atoms with Gasteiger partial charge in [-0.2, -0.15) is 0 Å². The number of hydrazine groups is 1. The molecule has 1 aromatic carbocycles. The largest absolute Gasteiger partial charge is 0.480 e. The summed E-state index contributed by atoms with van der Waals surface area (Å²) in [6.07, 6.45) is 0.882. The SMILES string of the molecule is CCCC(Oc1c(C)cc(Cl)cc1C)C(=O)NN. The summed E-state index contributed by atoms with van der Waals surface area (Å²) >= 11 is 5.95. The van der Waals surface area contributed by atoms with Crippen LogP contribution >= 0.6 is 11.6 Å². The van der Waals surface area contributed by atoms with E-state index in [2.05, 4.69) is 5.43 Å². The number of carbonyl (C=O) groups excluding carboxylic acids is 1. The molecule has 4 nitrogen and oxygen atoms in total. The fraction of sp³-hybridized carbons (Fsp3) is 0.462. The molecule has 0 heterocycles. The summed E-state index contributed by atoms with van der Waals surface area (Å²) < 4.78 is 5.77. The van der Waals surface area contributed by atoms with Crippen molar-refractivity contribution >= 4 is 17.5 Å². The molecule has 1 atom stereocenters. The molecule has 1 rings (SSSR count). The van der Waals surface area contributed by atoms with Crippen LogP contribution in [0.1, 0.15) is 30.9 Å². The quantitative estimate of drug-likeness (QED) is 0.491. The molecule has 0 aromatic heterocycles. The maximum Gasteiger partial charge on any atom is 0.274 e. The van der Waals surface area contributed by atoms with Crippen molar-refractivity contribution in [3.63, 3.8) is 0 Å². The highest BCUT2D eigenvalue weighted by Crippen LogP contribution is 2.28. The van der Waals surface area contributed by atoms with Crippen LogP contribution in [0.15, 0.2) is 12.1 Å². The van der Waals surface area contributed by atoms with E-state index in [0.29, 0.717) is 17.2 Å². The second kappa shape index (κ2) is 6.61. The van der Waals surface area contributed by atoms with Gasteiger partial charge in [-0.05, 0) is 43.5 Å². The average Bonchev–Trinajstić information content (AvgIpc) is 2.31. The molecule has 0 saturated carbocycles. The minimum atomic E-state index is -0.571. The summed E-state index contributed by atoms with van der Waals surface area (Å²) in [6.45, 7) is 5.79. The molecule has 0 aliphatic heterocycles. The lowest BCUT2D eigenvalue weighted by Crippen LogP contribution is -2.42. The fourth-order valence-electron chi connectivity index (χ4n) is 1.82. The third-order valence-electron chi connectivity index (χ3n) is 2.67. The smallest absolute Gasteiger partial charge is 0.274 e. The van der Waals surface area contributed by atoms with E-state index < -0.39 is 6.10 Å². The van der Waals surface area contributed by atoms with Gasteiger partial charge in [0.15, 0.2) is 6.10 Å². The first-order valence-electron chi connectivity index (χ1n) is 5.93. The van der Waals surface area contributed by atoms with Crippen molar-refractivity contribution in [2.45, 2.75) is 39.7 Å². The lowest BCUT2D eigenvalue weighted by Gasteiger charge is -2.20. The predicted molar refractivity (Wildman–Crippen MR) is 72.6 cm³/mol. The van der Waals surface area contributed by atoms with Crippen LogP contribution in [-0.2, 0) is 4.79 Å². The molecule has 1 aromatic rings. The molecule has 5 heteroatoms. The zero-order valence-electron chi connectivity index (χ0n) is 10.9. The van der Waals surface area contributed by atoms with Crippen LogP contribution in [0.5, 0.6) is 5.75 Å². The molecule has 0 aliphatic carbocycles. The van der Waals surface area contributed by atoms with Crippen LogP contribution < -0.4 is 16.0 Å². The molecule has 100 valence electrons. The molecule has 18 heavy (non-hydrogen) atoms. The van der Waals surface area contributed by atoms with Crippen molar-refractivity contribution in [2.75, 3.05) is 0 Å². The van der Waals surface area contributed by atoms with Crippen molar-refractivity contribution in [3.05, 3.63) is 28.3 Å². The van der Waals surface area contributed by atoms with Gasteiger partial charge in [-0.3, -0.25) is 10.2 Å². The van der Waals surface area contributed by atoms with E-state index in [1.165, 1.54) is 0 Å². The van der Waals surface area contributed by atoms with E-state index in [1.54, 1.807) is 0 Å². The second-order valence-corrected chi connectivity index (χ2v) is 4.71. The number of benzene rings is 1. The minimum absolute atomic E-state index is 0.314. The highest BCUT2D eigenvalue weighted by molar-refractivity contribution is 6.30. The summed E-state index contributed by atoms with van der Waals surface area (Å²) in [7, 11) is 0. The third kappa shape index (κ3) is 3.62. The Morgan fingerprint density at radius 2 is 2.00 bits per heavy atom. The van der Waals surface area contributed by atoms with Gasteiger partial charge in [-0.1, -0.05) is 24.9 Å². The van der Waals surface area contributed by atoms with Gasteiger partial charge in [0, 0.05) is 5.02 Å². The summed E-state index contributed by atoms with van der Waals surface area (Å²) in [5.74, 6) is 5.54. The molecule has 0 aliphatic rings. The van der Waals surface area contributed by atoms with Gasteiger partial charge in [0.05, 0.1) is 0 Å².